The van der Waals surface area contributed by atoms with E-state index >= 15 is 0 Å². The summed E-state index contributed by atoms with van der Waals surface area (Å²) in [5.74, 6) is 1.00. The van der Waals surface area contributed by atoms with Gasteiger partial charge in [0.15, 0.2) is 0 Å². The van der Waals surface area contributed by atoms with Gasteiger partial charge in [0.25, 0.3) is 0 Å². The van der Waals surface area contributed by atoms with E-state index < -0.39 is 0 Å². The van der Waals surface area contributed by atoms with Crippen molar-refractivity contribution < 1.29 is 21.8 Å². The van der Waals surface area contributed by atoms with Crippen LogP contribution in [-0.4, -0.2) is 56.2 Å². The molecule has 3 nitrogen and oxygen atoms in total. The average Bonchev–Trinajstić information content (AvgIpc) is 3.04. The van der Waals surface area contributed by atoms with Gasteiger partial charge in [-0.1, -0.05) is 121 Å². The zero-order chi connectivity index (χ0) is 33.9. The molecule has 0 N–H and O–H groups in total. The molecule has 2 fully saturated rings. The van der Waals surface area contributed by atoms with Crippen molar-refractivity contribution in [2.75, 3.05) is 34.2 Å². The van der Waals surface area contributed by atoms with Crippen LogP contribution in [0.2, 0.25) is 0 Å². The van der Waals surface area contributed by atoms with Gasteiger partial charge in [-0.3, -0.25) is 0 Å². The Labute approximate surface area is 284 Å². The minimum absolute atomic E-state index is 0. The fourth-order valence-corrected chi connectivity index (χ4v) is 3.37. The Hall–Kier alpha value is -1.32. The molecule has 0 unspecified atom stereocenters. The molecule has 0 bridgehead atoms. The molecular weight excluding hydrogens is 567 g/mol. The summed E-state index contributed by atoms with van der Waals surface area (Å²) < 4.78 is 5.86. The summed E-state index contributed by atoms with van der Waals surface area (Å²) in [6.07, 6.45) is 7.74. The summed E-state index contributed by atoms with van der Waals surface area (Å²) >= 11 is 0. The number of benzene rings is 2. The number of ether oxygens (including phenoxy) is 1. The van der Waals surface area contributed by atoms with Crippen molar-refractivity contribution in [2.45, 2.75) is 142 Å². The van der Waals surface area contributed by atoms with Crippen molar-refractivity contribution in [2.24, 2.45) is 0 Å². The zero-order valence-electron chi connectivity index (χ0n) is 32.2. The van der Waals surface area contributed by atoms with E-state index in [0.29, 0.717) is 12.1 Å². The summed E-state index contributed by atoms with van der Waals surface area (Å²) in [4.78, 5) is 4.61. The molecule has 4 rings (SSSR count). The van der Waals surface area contributed by atoms with Crippen molar-refractivity contribution in [3.8, 4) is 5.75 Å². The van der Waals surface area contributed by atoms with Crippen LogP contribution in [0, 0.1) is 33.3 Å². The van der Waals surface area contributed by atoms with Crippen molar-refractivity contribution in [1.29, 1.82) is 0 Å². The predicted octanol–water partition coefficient (Wildman–Crippen LogP) is 11.6. The Kier molecular flexibility index (Phi) is 53.9. The molecule has 0 amide bonds. The van der Waals surface area contributed by atoms with Crippen LogP contribution in [0.15, 0.2) is 42.5 Å². The van der Waals surface area contributed by atoms with Crippen LogP contribution >= 0.6 is 0 Å². The van der Waals surface area contributed by atoms with Crippen molar-refractivity contribution in [1.82, 2.24) is 9.80 Å². The van der Waals surface area contributed by atoms with Crippen LogP contribution in [0.25, 0.3) is 0 Å². The second kappa shape index (κ2) is 42.8. The maximum atomic E-state index is 5.86. The molecular formula is C39H76MnN2O. The molecule has 4 heteroatoms. The number of nitrogens with zero attached hydrogens (tertiary/aromatic N) is 2. The number of rotatable bonds is 3. The van der Waals surface area contributed by atoms with E-state index in [4.69, 9.17) is 4.74 Å². The van der Waals surface area contributed by atoms with E-state index in [9.17, 15) is 0 Å². The summed E-state index contributed by atoms with van der Waals surface area (Å²) in [5, 5.41) is 0. The summed E-state index contributed by atoms with van der Waals surface area (Å²) in [5.41, 5.74) is 3.93. The number of piperidine rings is 1. The van der Waals surface area contributed by atoms with Gasteiger partial charge in [-0.15, -0.1) is 6.54 Å². The molecule has 255 valence electrons. The molecule has 1 saturated carbocycles. The normalized spacial score (nSPS) is 15.4. The van der Waals surface area contributed by atoms with Gasteiger partial charge in [0.05, 0.1) is 0 Å². The largest absolute Gasteiger partial charge is 2.00 e. The van der Waals surface area contributed by atoms with Crippen LogP contribution < -0.4 is 4.74 Å². The number of hydrogen-bond acceptors (Lipinski definition) is 3. The monoisotopic (exact) mass is 644 g/mol. The molecule has 0 atom stereocenters. The summed E-state index contributed by atoms with van der Waals surface area (Å²) in [6, 6.07) is 18.0. The van der Waals surface area contributed by atoms with Crippen LogP contribution in [0.5, 0.6) is 5.75 Å². The molecule has 2 aliphatic rings. The Balaban J connectivity index is -0.000000106. The number of aryl methyl sites for hydroxylation is 3. The number of likely N-dealkylation sites (tertiary alicyclic amines) is 1. The topological polar surface area (TPSA) is 15.7 Å². The van der Waals surface area contributed by atoms with E-state index in [-0.39, 0.29) is 17.1 Å². The van der Waals surface area contributed by atoms with Crippen LogP contribution in [0.3, 0.4) is 0 Å². The van der Waals surface area contributed by atoms with Gasteiger partial charge in [0, 0.05) is 6.04 Å². The Bertz CT molecular complexity index is 701. The maximum Gasteiger partial charge on any atom is 2.00 e. The minimum Gasteiger partial charge on any atom is -0.490 e. The second-order valence-corrected chi connectivity index (χ2v) is 8.85. The maximum absolute atomic E-state index is 5.86. The Morgan fingerprint density at radius 1 is 0.767 bits per heavy atom. The summed E-state index contributed by atoms with van der Waals surface area (Å²) in [6.45, 7) is 32.8. The summed E-state index contributed by atoms with van der Waals surface area (Å²) in [7, 11) is 6.43. The van der Waals surface area contributed by atoms with Crippen LogP contribution in [0.1, 0.15) is 125 Å². The third kappa shape index (κ3) is 31.9. The Morgan fingerprint density at radius 3 is 1.56 bits per heavy atom. The van der Waals surface area contributed by atoms with E-state index in [1.54, 1.807) is 0 Å². The van der Waals surface area contributed by atoms with E-state index in [2.05, 4.69) is 94.5 Å². The van der Waals surface area contributed by atoms with E-state index in [0.717, 1.165) is 18.6 Å². The molecule has 1 aliphatic heterocycles. The predicted molar refractivity (Wildman–Crippen MR) is 196 cm³/mol. The SMILES string of the molecule is CC.CC.CC.CC.CC.CC.CN1C[CH-]CCC1.Cc1c[c-]ccc1C.Cc1ccc(OC2CC(N(C)C)C2)cc1.[Mn+2]. The van der Waals surface area contributed by atoms with Gasteiger partial charge in [-0.25, -0.2) is 0 Å². The minimum atomic E-state index is 0. The fourth-order valence-electron chi connectivity index (χ4n) is 3.37. The first-order valence-corrected chi connectivity index (χ1v) is 17.2. The first-order chi connectivity index (χ1) is 20.3. The van der Waals surface area contributed by atoms with Gasteiger partial charge in [0.2, 0.25) is 0 Å². The van der Waals surface area contributed by atoms with Crippen molar-refractivity contribution >= 4 is 0 Å². The Morgan fingerprint density at radius 2 is 1.26 bits per heavy atom. The first-order valence-electron chi connectivity index (χ1n) is 17.2. The molecule has 43 heavy (non-hydrogen) atoms. The van der Waals surface area contributed by atoms with Crippen LogP contribution in [-0.2, 0) is 17.1 Å². The molecule has 2 aromatic carbocycles. The fraction of sp³-hybridized carbons (Fsp3) is 0.667. The first kappa shape index (κ1) is 54.2. The molecule has 1 heterocycles. The third-order valence-corrected chi connectivity index (χ3v) is 5.86. The van der Waals surface area contributed by atoms with Crippen LogP contribution in [0.4, 0.5) is 0 Å². The third-order valence-electron chi connectivity index (χ3n) is 5.86. The van der Waals surface area contributed by atoms with Crippen molar-refractivity contribution in [3.05, 3.63) is 71.6 Å². The van der Waals surface area contributed by atoms with E-state index in [1.165, 1.54) is 42.6 Å². The standard InChI is InChI=1S/C13H19NO.C8H9.C6H12N.6C2H6.Mn/c1-10-4-6-12(7-5-10)15-13-8-11(9-13)14(2)3;1-7-5-3-4-6-8(7)2;1-7-5-3-2-4-6-7;6*1-2;/h4-7,11,13H,8-9H2,1-3H3;3,5-6H,1-2H3;3H,2,4-6H2,1H3;6*1-2H3;/q;2*-1;;;;;;;+2. The molecule has 1 radical (unpaired) electrons. The number of hydrogen-bond donors (Lipinski definition) is 0. The zero-order valence-corrected chi connectivity index (χ0v) is 33.4. The second-order valence-electron chi connectivity index (χ2n) is 8.85. The van der Waals surface area contributed by atoms with Gasteiger partial charge >= 0.3 is 17.1 Å². The van der Waals surface area contributed by atoms with Crippen molar-refractivity contribution in [3.63, 3.8) is 0 Å². The van der Waals surface area contributed by atoms with Gasteiger partial charge < -0.3 is 21.0 Å². The smallest absolute Gasteiger partial charge is 0.490 e. The molecule has 2 aromatic rings. The molecule has 1 saturated heterocycles. The van der Waals surface area contributed by atoms with Gasteiger partial charge in [-0.05, 0) is 59.6 Å². The molecule has 0 spiro atoms. The molecule has 0 aromatic heterocycles. The van der Waals surface area contributed by atoms with E-state index in [1.807, 2.05) is 95.2 Å². The van der Waals surface area contributed by atoms with Gasteiger partial charge in [0.1, 0.15) is 11.9 Å². The molecule has 1 aliphatic carbocycles. The average molecular weight is 644 g/mol. The quantitative estimate of drug-likeness (QED) is 0.244. The van der Waals surface area contributed by atoms with Gasteiger partial charge in [-0.2, -0.15) is 41.8 Å².